The SMILES string of the molecule is CCN(C(C)=O)c1ccc(-c2cc(-c3ccc(C(=O)O)cc3)ccc2CCCNC2CC2)cc1C(C)(C)C. The summed E-state index contributed by atoms with van der Waals surface area (Å²) < 4.78 is 0. The van der Waals surface area contributed by atoms with Gasteiger partial charge in [0.2, 0.25) is 5.91 Å². The van der Waals surface area contributed by atoms with Crippen LogP contribution in [0.4, 0.5) is 5.69 Å². The standard InChI is InChI=1S/C33H40N2O3/c1-6-35(22(2)36)31-18-15-27(21-30(31)33(3,4)5)29-20-26(23-9-12-25(13-10-23)32(37)38)14-11-24(29)8-7-19-34-28-16-17-28/h9-15,18,20-21,28,34H,6-8,16-17,19H2,1-5H3,(H,37,38). The van der Waals surface area contributed by atoms with Crippen molar-refractivity contribution in [2.24, 2.45) is 0 Å². The summed E-state index contributed by atoms with van der Waals surface area (Å²) in [5, 5.41) is 12.9. The third-order valence-corrected chi connectivity index (χ3v) is 7.31. The van der Waals surface area contributed by atoms with Crippen LogP contribution in [0.1, 0.15) is 75.4 Å². The molecule has 5 heteroatoms. The number of anilines is 1. The molecule has 38 heavy (non-hydrogen) atoms. The monoisotopic (exact) mass is 512 g/mol. The average molecular weight is 513 g/mol. The minimum Gasteiger partial charge on any atom is -0.478 e. The topological polar surface area (TPSA) is 69.6 Å². The number of hydrogen-bond acceptors (Lipinski definition) is 3. The normalized spacial score (nSPS) is 13.4. The molecule has 1 amide bonds. The van der Waals surface area contributed by atoms with Crippen LogP contribution in [0.3, 0.4) is 0 Å². The number of benzene rings is 3. The Morgan fingerprint density at radius 1 is 0.947 bits per heavy atom. The highest BCUT2D eigenvalue weighted by atomic mass is 16.4. The second-order valence-corrected chi connectivity index (χ2v) is 11.3. The van der Waals surface area contributed by atoms with Crippen molar-refractivity contribution in [1.29, 1.82) is 0 Å². The van der Waals surface area contributed by atoms with E-state index in [9.17, 15) is 14.7 Å². The predicted octanol–water partition coefficient (Wildman–Crippen LogP) is 7.07. The maximum Gasteiger partial charge on any atom is 0.335 e. The first-order valence-electron chi connectivity index (χ1n) is 13.7. The maximum atomic E-state index is 12.4. The summed E-state index contributed by atoms with van der Waals surface area (Å²) in [6, 6.07) is 20.8. The Morgan fingerprint density at radius 3 is 2.18 bits per heavy atom. The van der Waals surface area contributed by atoms with E-state index in [0.717, 1.165) is 47.3 Å². The molecular weight excluding hydrogens is 472 g/mol. The fourth-order valence-electron chi connectivity index (χ4n) is 5.02. The van der Waals surface area contributed by atoms with Gasteiger partial charge in [-0.3, -0.25) is 4.79 Å². The molecule has 0 spiro atoms. The van der Waals surface area contributed by atoms with Gasteiger partial charge >= 0.3 is 5.97 Å². The fraction of sp³-hybridized carbons (Fsp3) is 0.394. The average Bonchev–Trinajstić information content (AvgIpc) is 3.71. The van der Waals surface area contributed by atoms with E-state index in [1.807, 2.05) is 24.0 Å². The highest BCUT2D eigenvalue weighted by Crippen LogP contribution is 2.38. The molecule has 1 aliphatic carbocycles. The molecule has 2 N–H and O–H groups in total. The van der Waals surface area contributed by atoms with Crippen molar-refractivity contribution in [3.8, 4) is 22.3 Å². The number of carboxylic acids is 1. The Kier molecular flexibility index (Phi) is 8.37. The number of carbonyl (C=O) groups excluding carboxylic acids is 1. The molecule has 3 aromatic carbocycles. The number of nitrogens with zero attached hydrogens (tertiary/aromatic N) is 1. The lowest BCUT2D eigenvalue weighted by atomic mass is 9.82. The molecule has 1 saturated carbocycles. The van der Waals surface area contributed by atoms with Crippen LogP contribution in [0, 0.1) is 0 Å². The lowest BCUT2D eigenvalue weighted by Gasteiger charge is -2.30. The van der Waals surface area contributed by atoms with Crippen molar-refractivity contribution in [1.82, 2.24) is 5.32 Å². The van der Waals surface area contributed by atoms with E-state index in [2.05, 4.69) is 62.5 Å². The van der Waals surface area contributed by atoms with Crippen LogP contribution in [-0.2, 0) is 16.6 Å². The van der Waals surface area contributed by atoms with E-state index in [4.69, 9.17) is 0 Å². The molecular formula is C33H40N2O3. The number of rotatable bonds is 10. The predicted molar refractivity (Wildman–Crippen MR) is 156 cm³/mol. The number of nitrogens with one attached hydrogen (secondary N) is 1. The Bertz CT molecular complexity index is 1300. The molecule has 4 rings (SSSR count). The van der Waals surface area contributed by atoms with Crippen LogP contribution in [-0.4, -0.2) is 36.1 Å². The van der Waals surface area contributed by atoms with Crippen LogP contribution in [0.25, 0.3) is 22.3 Å². The number of aromatic carboxylic acids is 1. The van der Waals surface area contributed by atoms with Gasteiger partial charge in [-0.1, -0.05) is 51.1 Å². The van der Waals surface area contributed by atoms with Crippen LogP contribution < -0.4 is 10.2 Å². The number of amides is 1. The summed E-state index contributed by atoms with van der Waals surface area (Å²) in [6.07, 6.45) is 4.61. The Morgan fingerprint density at radius 2 is 1.61 bits per heavy atom. The fourth-order valence-corrected chi connectivity index (χ4v) is 5.02. The van der Waals surface area contributed by atoms with Crippen LogP contribution >= 0.6 is 0 Å². The van der Waals surface area contributed by atoms with Gasteiger partial charge in [-0.25, -0.2) is 4.79 Å². The van der Waals surface area contributed by atoms with Crippen molar-refractivity contribution in [2.75, 3.05) is 18.0 Å². The van der Waals surface area contributed by atoms with Gasteiger partial charge in [0.25, 0.3) is 0 Å². The van der Waals surface area contributed by atoms with E-state index in [1.165, 1.54) is 24.0 Å². The molecule has 0 aromatic heterocycles. The highest BCUT2D eigenvalue weighted by Gasteiger charge is 2.24. The van der Waals surface area contributed by atoms with Gasteiger partial charge in [-0.2, -0.15) is 0 Å². The molecule has 200 valence electrons. The number of carboxylic acid groups (broad SMARTS) is 1. The van der Waals surface area contributed by atoms with E-state index in [1.54, 1.807) is 19.1 Å². The van der Waals surface area contributed by atoms with Gasteiger partial charge in [0.1, 0.15) is 0 Å². The van der Waals surface area contributed by atoms with Crippen LogP contribution in [0.2, 0.25) is 0 Å². The Labute approximate surface area is 226 Å². The first kappa shape index (κ1) is 27.6. The molecule has 0 heterocycles. The minimum atomic E-state index is -0.922. The van der Waals surface area contributed by atoms with E-state index in [-0.39, 0.29) is 16.9 Å². The maximum absolute atomic E-state index is 12.4. The number of carbonyl (C=O) groups is 2. The zero-order chi connectivity index (χ0) is 27.4. The molecule has 0 atom stereocenters. The number of hydrogen-bond donors (Lipinski definition) is 2. The van der Waals surface area contributed by atoms with Gasteiger partial charge in [-0.15, -0.1) is 0 Å². The molecule has 0 bridgehead atoms. The molecule has 0 radical (unpaired) electrons. The van der Waals surface area contributed by atoms with Crippen molar-refractivity contribution in [3.63, 3.8) is 0 Å². The van der Waals surface area contributed by atoms with Gasteiger partial charge in [0, 0.05) is 25.2 Å². The smallest absolute Gasteiger partial charge is 0.335 e. The Balaban J connectivity index is 1.77. The van der Waals surface area contributed by atoms with Crippen molar-refractivity contribution >= 4 is 17.6 Å². The van der Waals surface area contributed by atoms with Crippen molar-refractivity contribution < 1.29 is 14.7 Å². The van der Waals surface area contributed by atoms with Crippen LogP contribution in [0.15, 0.2) is 60.7 Å². The third-order valence-electron chi connectivity index (χ3n) is 7.31. The van der Waals surface area contributed by atoms with Gasteiger partial charge < -0.3 is 15.3 Å². The lowest BCUT2D eigenvalue weighted by Crippen LogP contribution is -2.30. The zero-order valence-electron chi connectivity index (χ0n) is 23.3. The van der Waals surface area contributed by atoms with Gasteiger partial charge in [-0.05, 0) is 108 Å². The van der Waals surface area contributed by atoms with Gasteiger partial charge in [0.05, 0.1) is 5.56 Å². The molecule has 5 nitrogen and oxygen atoms in total. The van der Waals surface area contributed by atoms with Crippen molar-refractivity contribution in [3.05, 3.63) is 77.4 Å². The second-order valence-electron chi connectivity index (χ2n) is 11.3. The van der Waals surface area contributed by atoms with Gasteiger partial charge in [0.15, 0.2) is 0 Å². The first-order valence-corrected chi connectivity index (χ1v) is 13.7. The second kappa shape index (κ2) is 11.5. The molecule has 1 fully saturated rings. The molecule has 0 aliphatic heterocycles. The summed E-state index contributed by atoms with van der Waals surface area (Å²) in [4.78, 5) is 25.6. The summed E-state index contributed by atoms with van der Waals surface area (Å²) >= 11 is 0. The molecule has 1 aliphatic rings. The van der Waals surface area contributed by atoms with E-state index in [0.29, 0.717) is 12.6 Å². The number of aryl methyl sites for hydroxylation is 1. The minimum absolute atomic E-state index is 0.0430. The molecule has 0 unspecified atom stereocenters. The van der Waals surface area contributed by atoms with Crippen LogP contribution in [0.5, 0.6) is 0 Å². The molecule has 3 aromatic rings. The third kappa shape index (κ3) is 6.51. The first-order chi connectivity index (χ1) is 18.1. The summed E-state index contributed by atoms with van der Waals surface area (Å²) in [6.45, 7) is 11.8. The quantitative estimate of drug-likeness (QED) is 0.285. The lowest BCUT2D eigenvalue weighted by molar-refractivity contribution is -0.116. The largest absolute Gasteiger partial charge is 0.478 e. The summed E-state index contributed by atoms with van der Waals surface area (Å²) in [5.41, 5.74) is 7.89. The Hall–Kier alpha value is -3.44. The zero-order valence-corrected chi connectivity index (χ0v) is 23.3. The highest BCUT2D eigenvalue weighted by molar-refractivity contribution is 5.93. The summed E-state index contributed by atoms with van der Waals surface area (Å²) in [5.74, 6) is -0.879. The molecule has 0 saturated heterocycles. The summed E-state index contributed by atoms with van der Waals surface area (Å²) in [7, 11) is 0. The van der Waals surface area contributed by atoms with E-state index < -0.39 is 5.97 Å². The van der Waals surface area contributed by atoms with E-state index >= 15 is 0 Å². The van der Waals surface area contributed by atoms with Crippen molar-refractivity contribution in [2.45, 2.75) is 71.8 Å².